The van der Waals surface area contributed by atoms with Gasteiger partial charge in [-0.2, -0.15) is 0 Å². The number of benzene rings is 2. The molecule has 1 N–H and O–H groups in total. The molecule has 0 aliphatic heterocycles. The Balaban J connectivity index is 2.03. The maximum atomic E-state index is 12.3. The van der Waals surface area contributed by atoms with Gasteiger partial charge in [0.25, 0.3) is 0 Å². The van der Waals surface area contributed by atoms with E-state index >= 15 is 0 Å². The van der Waals surface area contributed by atoms with Crippen molar-refractivity contribution in [2.45, 2.75) is 6.92 Å². The second-order valence-corrected chi connectivity index (χ2v) is 8.73. The minimum Gasteiger partial charge on any atom is -0.477 e. The molecule has 4 aromatic rings. The van der Waals surface area contributed by atoms with E-state index in [0.717, 1.165) is 0 Å². The van der Waals surface area contributed by atoms with Crippen molar-refractivity contribution in [3.05, 3.63) is 92.1 Å². The van der Waals surface area contributed by atoms with Gasteiger partial charge in [0.1, 0.15) is 11.3 Å². The van der Waals surface area contributed by atoms with Gasteiger partial charge in [0.15, 0.2) is 0 Å². The lowest BCUT2D eigenvalue weighted by Crippen LogP contribution is -2.08. The van der Waals surface area contributed by atoms with Crippen molar-refractivity contribution >= 4 is 52.4 Å². The summed E-state index contributed by atoms with van der Waals surface area (Å²) in [6.45, 7) is 1.69. The van der Waals surface area contributed by atoms with Crippen LogP contribution in [0.15, 0.2) is 60.9 Å². The fourth-order valence-electron chi connectivity index (χ4n) is 3.41. The number of carboxylic acid groups (broad SMARTS) is 1. The van der Waals surface area contributed by atoms with Gasteiger partial charge in [0.05, 0.1) is 21.9 Å². The van der Waals surface area contributed by atoms with Gasteiger partial charge in [-0.3, -0.25) is 4.98 Å². The van der Waals surface area contributed by atoms with Crippen molar-refractivity contribution in [3.8, 4) is 34.0 Å². The first-order chi connectivity index (χ1) is 15.7. The highest BCUT2D eigenvalue weighted by Crippen LogP contribution is 2.42. The van der Waals surface area contributed by atoms with Crippen molar-refractivity contribution in [2.24, 2.45) is 0 Å². The smallest absolute Gasteiger partial charge is 0.341 e. The van der Waals surface area contributed by atoms with Gasteiger partial charge in [0, 0.05) is 33.4 Å². The Hall–Kier alpha value is -2.83. The summed E-state index contributed by atoms with van der Waals surface area (Å²) in [7, 11) is 0. The van der Waals surface area contributed by atoms with Crippen LogP contribution >= 0.6 is 46.4 Å². The van der Waals surface area contributed by atoms with Crippen molar-refractivity contribution in [1.29, 1.82) is 0 Å². The Morgan fingerprint density at radius 3 is 2.24 bits per heavy atom. The third-order valence-corrected chi connectivity index (χ3v) is 5.85. The zero-order chi connectivity index (χ0) is 23.7. The van der Waals surface area contributed by atoms with Gasteiger partial charge in [0.2, 0.25) is 5.88 Å². The van der Waals surface area contributed by atoms with Gasteiger partial charge >= 0.3 is 5.97 Å². The highest BCUT2D eigenvalue weighted by molar-refractivity contribution is 6.36. The molecule has 0 unspecified atom stereocenters. The van der Waals surface area contributed by atoms with Crippen LogP contribution in [-0.4, -0.2) is 21.0 Å². The summed E-state index contributed by atoms with van der Waals surface area (Å²) in [5, 5.41) is 11.7. The number of rotatable bonds is 5. The minimum atomic E-state index is -1.20. The average Bonchev–Trinajstić information content (AvgIpc) is 2.74. The summed E-state index contributed by atoms with van der Waals surface area (Å²) in [5.74, 6) is -1.08. The molecule has 0 fully saturated rings. The Labute approximate surface area is 209 Å². The van der Waals surface area contributed by atoms with Gasteiger partial charge < -0.3 is 9.84 Å². The molecule has 0 aliphatic rings. The van der Waals surface area contributed by atoms with E-state index in [0.29, 0.717) is 48.0 Å². The predicted molar refractivity (Wildman–Crippen MR) is 131 cm³/mol. The van der Waals surface area contributed by atoms with E-state index in [1.165, 1.54) is 18.5 Å². The van der Waals surface area contributed by atoms with Crippen molar-refractivity contribution in [2.75, 3.05) is 0 Å². The molecule has 0 saturated heterocycles. The van der Waals surface area contributed by atoms with Crippen LogP contribution in [-0.2, 0) is 0 Å². The molecule has 4 rings (SSSR count). The van der Waals surface area contributed by atoms with E-state index < -0.39 is 5.97 Å². The Kier molecular flexibility index (Phi) is 6.77. The summed E-state index contributed by atoms with van der Waals surface area (Å²) in [5.41, 5.74) is 2.60. The summed E-state index contributed by atoms with van der Waals surface area (Å²) in [6.07, 6.45) is 2.85. The molecular formula is C24H14Cl4N2O3. The summed E-state index contributed by atoms with van der Waals surface area (Å²) in [6, 6.07) is 13.5. The molecular weight excluding hydrogens is 506 g/mol. The number of nitrogens with zero attached hydrogens (tertiary/aromatic N) is 2. The van der Waals surface area contributed by atoms with Gasteiger partial charge in [-0.05, 0) is 48.4 Å². The van der Waals surface area contributed by atoms with Crippen LogP contribution in [0, 0.1) is 6.92 Å². The Morgan fingerprint density at radius 2 is 1.61 bits per heavy atom. The first-order valence-electron chi connectivity index (χ1n) is 9.52. The molecule has 0 spiro atoms. The van der Waals surface area contributed by atoms with Crippen molar-refractivity contribution < 1.29 is 14.6 Å². The fourth-order valence-corrected chi connectivity index (χ4v) is 4.20. The average molecular weight is 520 g/mol. The van der Waals surface area contributed by atoms with E-state index in [4.69, 9.17) is 51.1 Å². The van der Waals surface area contributed by atoms with Crippen LogP contribution in [0.4, 0.5) is 0 Å². The monoisotopic (exact) mass is 518 g/mol. The van der Waals surface area contributed by atoms with Gasteiger partial charge in [-0.25, -0.2) is 9.78 Å². The summed E-state index contributed by atoms with van der Waals surface area (Å²) < 4.78 is 5.84. The molecule has 9 heteroatoms. The highest BCUT2D eigenvalue weighted by atomic mass is 35.5. The number of hydrogen-bond acceptors (Lipinski definition) is 4. The zero-order valence-electron chi connectivity index (χ0n) is 16.9. The van der Waals surface area contributed by atoms with E-state index in [1.54, 1.807) is 49.4 Å². The van der Waals surface area contributed by atoms with Crippen LogP contribution in [0.25, 0.3) is 22.4 Å². The number of hydrogen-bond donors (Lipinski definition) is 1. The second-order valence-electron chi connectivity index (χ2n) is 7.02. The third kappa shape index (κ3) is 4.92. The minimum absolute atomic E-state index is 0.103. The molecule has 2 aromatic heterocycles. The standard InChI is InChI=1S/C24H14Cl4N2O3/c1-12-20(13-2-4-14(25)5-3-13)22(18-7-6-15(26)9-19(18)28)30-23(21(12)24(31)32)33-17-8-16(27)10-29-11-17/h2-11H,1H3,(H,31,32). The second kappa shape index (κ2) is 9.57. The fraction of sp³-hybridized carbons (Fsp3) is 0.0417. The molecule has 0 atom stereocenters. The largest absolute Gasteiger partial charge is 0.477 e. The normalized spacial score (nSPS) is 10.8. The number of aromatic carboxylic acids is 1. The molecule has 2 heterocycles. The Morgan fingerprint density at radius 1 is 0.909 bits per heavy atom. The maximum absolute atomic E-state index is 12.3. The number of aromatic nitrogens is 2. The van der Waals surface area contributed by atoms with Crippen LogP contribution in [0.3, 0.4) is 0 Å². The molecule has 33 heavy (non-hydrogen) atoms. The van der Waals surface area contributed by atoms with E-state index in [9.17, 15) is 9.90 Å². The van der Waals surface area contributed by atoms with E-state index in [-0.39, 0.29) is 17.2 Å². The third-order valence-electron chi connectivity index (χ3n) is 4.84. The van der Waals surface area contributed by atoms with E-state index in [1.807, 2.05) is 0 Å². The first kappa shape index (κ1) is 23.3. The predicted octanol–water partition coefficient (Wildman–Crippen LogP) is 8.22. The summed E-state index contributed by atoms with van der Waals surface area (Å²) in [4.78, 5) is 20.8. The first-order valence-corrected chi connectivity index (χ1v) is 11.0. The molecule has 0 bridgehead atoms. The highest BCUT2D eigenvalue weighted by Gasteiger charge is 2.26. The number of ether oxygens (including phenoxy) is 1. The lowest BCUT2D eigenvalue weighted by atomic mass is 9.92. The van der Waals surface area contributed by atoms with Crippen LogP contribution in [0.5, 0.6) is 11.6 Å². The Bertz CT molecular complexity index is 1380. The number of halogens is 4. The quantitative estimate of drug-likeness (QED) is 0.287. The number of pyridine rings is 2. The SMILES string of the molecule is Cc1c(C(=O)O)c(Oc2cncc(Cl)c2)nc(-c2ccc(Cl)cc2Cl)c1-c1ccc(Cl)cc1. The van der Waals surface area contributed by atoms with Crippen LogP contribution in [0.2, 0.25) is 20.1 Å². The topological polar surface area (TPSA) is 72.3 Å². The van der Waals surface area contributed by atoms with Gasteiger partial charge in [-0.15, -0.1) is 0 Å². The molecule has 0 amide bonds. The van der Waals surface area contributed by atoms with Gasteiger partial charge in [-0.1, -0.05) is 58.5 Å². The molecule has 5 nitrogen and oxygen atoms in total. The lowest BCUT2D eigenvalue weighted by molar-refractivity contribution is 0.0692. The van der Waals surface area contributed by atoms with Crippen LogP contribution < -0.4 is 4.74 Å². The van der Waals surface area contributed by atoms with Crippen molar-refractivity contribution in [1.82, 2.24) is 9.97 Å². The number of carbonyl (C=O) groups is 1. The molecule has 0 saturated carbocycles. The van der Waals surface area contributed by atoms with Crippen molar-refractivity contribution in [3.63, 3.8) is 0 Å². The van der Waals surface area contributed by atoms with Crippen LogP contribution in [0.1, 0.15) is 15.9 Å². The zero-order valence-corrected chi connectivity index (χ0v) is 20.0. The summed E-state index contributed by atoms with van der Waals surface area (Å²) >= 11 is 24.7. The molecule has 0 radical (unpaired) electrons. The maximum Gasteiger partial charge on any atom is 0.341 e. The van der Waals surface area contributed by atoms with E-state index in [2.05, 4.69) is 9.97 Å². The lowest BCUT2D eigenvalue weighted by Gasteiger charge is -2.19. The number of carboxylic acids is 1. The molecule has 0 aliphatic carbocycles. The molecule has 2 aromatic carbocycles. The molecule has 166 valence electrons.